The number of ether oxygens (including phenoxy) is 2. The molecule has 3 aromatic heterocycles. The molecule has 0 bridgehead atoms. The van der Waals surface area contributed by atoms with Crippen molar-refractivity contribution in [1.82, 2.24) is 14.4 Å². The maximum Gasteiger partial charge on any atom is 0.277 e. The average molecular weight is 426 g/mol. The Labute approximate surface area is 156 Å². The van der Waals surface area contributed by atoms with Gasteiger partial charge in [-0.25, -0.2) is 9.97 Å². The monoisotopic (exact) mass is 424 g/mol. The van der Waals surface area contributed by atoms with Crippen LogP contribution in [0, 0.1) is 0 Å². The molecule has 3 aromatic rings. The van der Waals surface area contributed by atoms with Gasteiger partial charge in [0.15, 0.2) is 0 Å². The molecule has 3 rings (SSSR count). The Morgan fingerprint density at radius 2 is 2.16 bits per heavy atom. The van der Waals surface area contributed by atoms with Gasteiger partial charge in [0.2, 0.25) is 5.88 Å². The molecule has 9 heteroatoms. The fraction of sp³-hybridized carbons (Fsp3) is 0.188. The molecule has 0 saturated carbocycles. The molecule has 7 nitrogen and oxygen atoms in total. The molecule has 0 amide bonds. The molecule has 0 aromatic carbocycles. The van der Waals surface area contributed by atoms with E-state index in [-0.39, 0.29) is 10.6 Å². The molecule has 2 N–H and O–H groups in total. The molecule has 0 saturated heterocycles. The number of methoxy groups -OCH3 is 1. The van der Waals surface area contributed by atoms with E-state index >= 15 is 0 Å². The number of halogens is 2. The Hall–Kier alpha value is -2.16. The second-order valence-corrected chi connectivity index (χ2v) is 6.41. The van der Waals surface area contributed by atoms with E-state index in [9.17, 15) is 4.79 Å². The lowest BCUT2D eigenvalue weighted by Gasteiger charge is -2.10. The Bertz CT molecular complexity index is 993. The lowest BCUT2D eigenvalue weighted by atomic mass is 10.2. The molecule has 0 spiro atoms. The second kappa shape index (κ2) is 7.38. The van der Waals surface area contributed by atoms with Crippen LogP contribution in [0.5, 0.6) is 5.88 Å². The van der Waals surface area contributed by atoms with E-state index in [1.807, 2.05) is 0 Å². The summed E-state index contributed by atoms with van der Waals surface area (Å²) < 4.78 is 12.4. The van der Waals surface area contributed by atoms with Gasteiger partial charge in [-0.15, -0.1) is 0 Å². The smallest absolute Gasteiger partial charge is 0.277 e. The van der Waals surface area contributed by atoms with Crippen LogP contribution in [-0.4, -0.2) is 34.7 Å². The van der Waals surface area contributed by atoms with E-state index in [0.29, 0.717) is 41.7 Å². The maximum atomic E-state index is 12.5. The zero-order valence-electron chi connectivity index (χ0n) is 13.2. The minimum absolute atomic E-state index is 0.00940. The molecule has 0 aliphatic heterocycles. The molecular weight excluding hydrogens is 412 g/mol. The minimum Gasteiger partial charge on any atom is -0.474 e. The van der Waals surface area contributed by atoms with Crippen molar-refractivity contribution in [2.24, 2.45) is 0 Å². The molecule has 0 aliphatic carbocycles. The fourth-order valence-electron chi connectivity index (χ4n) is 2.22. The van der Waals surface area contributed by atoms with Gasteiger partial charge in [0.05, 0.1) is 18.0 Å². The predicted octanol–water partition coefficient (Wildman–Crippen LogP) is 2.78. The quantitative estimate of drug-likeness (QED) is 0.632. The van der Waals surface area contributed by atoms with Crippen LogP contribution < -0.4 is 16.0 Å². The topological polar surface area (TPSA) is 91.7 Å². The van der Waals surface area contributed by atoms with Gasteiger partial charge in [-0.05, 0) is 34.1 Å². The molecular formula is C16H14BrClN4O3. The summed E-state index contributed by atoms with van der Waals surface area (Å²) in [5, 5.41) is -0.00940. The number of fused-ring (bicyclic) bond motifs is 1. The first kappa shape index (κ1) is 17.7. The molecule has 0 fully saturated rings. The minimum atomic E-state index is -0.373. The van der Waals surface area contributed by atoms with E-state index in [0.717, 1.165) is 4.47 Å². The van der Waals surface area contributed by atoms with Gasteiger partial charge in [0.1, 0.15) is 17.3 Å². The maximum absolute atomic E-state index is 12.5. The lowest BCUT2D eigenvalue weighted by Crippen LogP contribution is -2.16. The van der Waals surface area contributed by atoms with E-state index in [4.69, 9.17) is 26.8 Å². The van der Waals surface area contributed by atoms with E-state index in [1.165, 1.54) is 10.6 Å². The van der Waals surface area contributed by atoms with E-state index in [2.05, 4.69) is 25.9 Å². The fourth-order valence-corrected chi connectivity index (χ4v) is 2.80. The summed E-state index contributed by atoms with van der Waals surface area (Å²) in [4.78, 5) is 21.1. The van der Waals surface area contributed by atoms with Gasteiger partial charge >= 0.3 is 0 Å². The second-order valence-electron chi connectivity index (χ2n) is 5.11. The van der Waals surface area contributed by atoms with Gasteiger partial charge in [-0.1, -0.05) is 11.6 Å². The molecule has 0 radical (unpaired) electrons. The van der Waals surface area contributed by atoms with Crippen molar-refractivity contribution in [2.75, 3.05) is 26.1 Å². The number of hydrogen-bond acceptors (Lipinski definition) is 6. The highest BCUT2D eigenvalue weighted by Crippen LogP contribution is 2.28. The Balaban J connectivity index is 2.04. The van der Waals surface area contributed by atoms with Crippen LogP contribution >= 0.6 is 27.5 Å². The number of hydrogen-bond donors (Lipinski definition) is 1. The molecule has 3 heterocycles. The normalized spacial score (nSPS) is 11.0. The number of aromatic nitrogens is 3. The van der Waals surface area contributed by atoms with Crippen molar-refractivity contribution in [3.63, 3.8) is 0 Å². The summed E-state index contributed by atoms with van der Waals surface area (Å²) in [6.45, 7) is 0.755. The van der Waals surface area contributed by atoms with Crippen molar-refractivity contribution in [1.29, 1.82) is 0 Å². The standard InChI is InChI=1S/C16H14BrClN4O3/c1-24-4-5-25-15-11(19)6-9(7-20-15)14-13(18)16(23)22-8-10(17)2-3-12(22)21-14/h2-3,6-8H,4-5,19H2,1H3. The Morgan fingerprint density at radius 3 is 2.88 bits per heavy atom. The number of nitrogens with two attached hydrogens (primary N) is 1. The third-order valence-electron chi connectivity index (χ3n) is 3.41. The summed E-state index contributed by atoms with van der Waals surface area (Å²) in [6.07, 6.45) is 3.13. The highest BCUT2D eigenvalue weighted by atomic mass is 79.9. The van der Waals surface area contributed by atoms with E-state index in [1.54, 1.807) is 31.5 Å². The number of anilines is 1. The van der Waals surface area contributed by atoms with Crippen LogP contribution in [0.3, 0.4) is 0 Å². The van der Waals surface area contributed by atoms with Crippen molar-refractivity contribution in [3.05, 3.63) is 50.4 Å². The molecule has 0 atom stereocenters. The number of rotatable bonds is 5. The molecule has 25 heavy (non-hydrogen) atoms. The summed E-state index contributed by atoms with van der Waals surface area (Å²) >= 11 is 9.54. The third kappa shape index (κ3) is 3.60. The summed E-state index contributed by atoms with van der Waals surface area (Å²) in [5.41, 5.74) is 7.23. The summed E-state index contributed by atoms with van der Waals surface area (Å²) in [5.74, 6) is 0.290. The number of pyridine rings is 2. The first-order valence-corrected chi connectivity index (χ1v) is 8.43. The molecule has 0 unspecified atom stereocenters. The predicted molar refractivity (Wildman–Crippen MR) is 99.2 cm³/mol. The van der Waals surface area contributed by atoms with Crippen molar-refractivity contribution in [3.8, 4) is 17.1 Å². The first-order chi connectivity index (χ1) is 12.0. The lowest BCUT2D eigenvalue weighted by molar-refractivity contribution is 0.144. The van der Waals surface area contributed by atoms with Gasteiger partial charge in [0.25, 0.3) is 5.56 Å². The highest BCUT2D eigenvalue weighted by Gasteiger charge is 2.15. The molecule has 0 aliphatic rings. The van der Waals surface area contributed by atoms with Gasteiger partial charge < -0.3 is 15.2 Å². The number of nitrogen functional groups attached to an aromatic ring is 1. The Morgan fingerprint density at radius 1 is 1.36 bits per heavy atom. The van der Waals surface area contributed by atoms with Crippen LogP contribution in [0.15, 0.2) is 39.9 Å². The largest absolute Gasteiger partial charge is 0.474 e. The van der Waals surface area contributed by atoms with Gasteiger partial charge in [-0.2, -0.15) is 0 Å². The zero-order chi connectivity index (χ0) is 18.0. The van der Waals surface area contributed by atoms with Gasteiger partial charge in [-0.3, -0.25) is 9.20 Å². The number of nitrogens with zero attached hydrogens (tertiary/aromatic N) is 3. The zero-order valence-corrected chi connectivity index (χ0v) is 15.5. The summed E-state index contributed by atoms with van der Waals surface area (Å²) in [6, 6.07) is 5.13. The van der Waals surface area contributed by atoms with Gasteiger partial charge in [0, 0.05) is 29.5 Å². The SMILES string of the molecule is COCCOc1ncc(-c2nc3ccc(Br)cn3c(=O)c2Cl)cc1N. The van der Waals surface area contributed by atoms with Crippen LogP contribution in [0.2, 0.25) is 5.02 Å². The Kier molecular flexibility index (Phi) is 5.22. The molecule has 130 valence electrons. The van der Waals surface area contributed by atoms with Crippen molar-refractivity contribution >= 4 is 38.9 Å². The van der Waals surface area contributed by atoms with Crippen LogP contribution in [-0.2, 0) is 4.74 Å². The van der Waals surface area contributed by atoms with E-state index < -0.39 is 0 Å². The van der Waals surface area contributed by atoms with Crippen LogP contribution in [0.4, 0.5) is 5.69 Å². The highest BCUT2D eigenvalue weighted by molar-refractivity contribution is 9.10. The summed E-state index contributed by atoms with van der Waals surface area (Å²) in [7, 11) is 1.58. The van der Waals surface area contributed by atoms with Crippen LogP contribution in [0.1, 0.15) is 0 Å². The first-order valence-electron chi connectivity index (χ1n) is 7.26. The average Bonchev–Trinajstić information content (AvgIpc) is 2.60. The third-order valence-corrected chi connectivity index (χ3v) is 4.22. The van der Waals surface area contributed by atoms with Crippen molar-refractivity contribution in [2.45, 2.75) is 0 Å². The van der Waals surface area contributed by atoms with Crippen molar-refractivity contribution < 1.29 is 9.47 Å². The van der Waals surface area contributed by atoms with Crippen LogP contribution in [0.25, 0.3) is 16.9 Å².